The van der Waals surface area contributed by atoms with Crippen LogP contribution in [0.3, 0.4) is 0 Å². The van der Waals surface area contributed by atoms with E-state index < -0.39 is 129 Å². The Morgan fingerprint density at radius 3 is 1.25 bits per heavy atom. The van der Waals surface area contributed by atoms with Gasteiger partial charge in [-0.05, 0) is 41.5 Å². The van der Waals surface area contributed by atoms with Crippen LogP contribution in [0.4, 0.5) is 0 Å². The van der Waals surface area contributed by atoms with E-state index in [9.17, 15) is 46.0 Å². The molecule has 0 bridgehead atoms. The second-order valence-electron chi connectivity index (χ2n) is 12.2. The molecule has 0 aromatic rings. The van der Waals surface area contributed by atoms with Crippen LogP contribution in [0.5, 0.6) is 0 Å². The van der Waals surface area contributed by atoms with Crippen LogP contribution in [0.25, 0.3) is 0 Å². The van der Waals surface area contributed by atoms with E-state index in [2.05, 4.69) is 0 Å². The van der Waals surface area contributed by atoms with Crippen LogP contribution < -0.4 is 0 Å². The fraction of sp³-hybridized carbons (Fsp3) is 1.00. The van der Waals surface area contributed by atoms with Crippen molar-refractivity contribution in [2.45, 2.75) is 170 Å². The van der Waals surface area contributed by atoms with Crippen LogP contribution in [0, 0.1) is 0 Å². The van der Waals surface area contributed by atoms with E-state index in [1.807, 2.05) is 0 Å². The molecule has 4 heterocycles. The zero-order valence-electron chi connectivity index (χ0n) is 25.4. The minimum Gasteiger partial charge on any atom is -0.388 e. The van der Waals surface area contributed by atoms with E-state index in [1.54, 1.807) is 13.8 Å². The minimum absolute atomic E-state index is 0.410. The molecule has 44 heavy (non-hydrogen) atoms. The third kappa shape index (κ3) is 7.39. The van der Waals surface area contributed by atoms with Crippen LogP contribution in [0.15, 0.2) is 0 Å². The molecule has 0 aromatic carbocycles. The molecule has 4 aliphatic rings. The number of hydrogen-bond acceptors (Lipinski definition) is 17. The molecule has 20 atom stereocenters. The number of aliphatic hydroxyl groups is 9. The Morgan fingerprint density at radius 2 is 0.773 bits per heavy atom. The molecule has 0 aromatic heterocycles. The molecule has 4 saturated heterocycles. The number of rotatable bonds is 8. The highest BCUT2D eigenvalue weighted by atomic mass is 16.8. The summed E-state index contributed by atoms with van der Waals surface area (Å²) in [4.78, 5) is 0. The fourth-order valence-electron chi connectivity index (χ4n) is 5.74. The normalized spacial score (nSPS) is 54.0. The molecule has 0 aliphatic carbocycles. The molecule has 258 valence electrons. The highest BCUT2D eigenvalue weighted by molar-refractivity contribution is 4.96. The molecule has 4 fully saturated rings. The Kier molecular flexibility index (Phi) is 12.0. The van der Waals surface area contributed by atoms with Gasteiger partial charge in [-0.3, -0.25) is 0 Å². The van der Waals surface area contributed by atoms with E-state index in [0.717, 1.165) is 0 Å². The zero-order chi connectivity index (χ0) is 32.8. The summed E-state index contributed by atoms with van der Waals surface area (Å²) in [6, 6.07) is 0. The average molecular weight is 645 g/mol. The third-order valence-corrected chi connectivity index (χ3v) is 8.45. The van der Waals surface area contributed by atoms with Crippen molar-refractivity contribution >= 4 is 0 Å². The third-order valence-electron chi connectivity index (χ3n) is 8.45. The maximum Gasteiger partial charge on any atom is 0.187 e. The topological polar surface area (TPSA) is 256 Å². The van der Waals surface area contributed by atoms with Crippen molar-refractivity contribution < 1.29 is 83.9 Å². The van der Waals surface area contributed by atoms with Gasteiger partial charge in [-0.1, -0.05) is 0 Å². The second-order valence-corrected chi connectivity index (χ2v) is 12.2. The van der Waals surface area contributed by atoms with E-state index in [1.165, 1.54) is 27.7 Å². The Labute approximate surface area is 254 Å². The largest absolute Gasteiger partial charge is 0.388 e. The second kappa shape index (κ2) is 14.6. The number of ether oxygens (including phenoxy) is 8. The van der Waals surface area contributed by atoms with Gasteiger partial charge in [0.25, 0.3) is 0 Å². The molecule has 8 unspecified atom stereocenters. The lowest BCUT2D eigenvalue weighted by Gasteiger charge is -2.49. The van der Waals surface area contributed by atoms with Gasteiger partial charge >= 0.3 is 0 Å². The number of hydrogen-bond donors (Lipinski definition) is 9. The quantitative estimate of drug-likeness (QED) is 0.121. The van der Waals surface area contributed by atoms with Crippen LogP contribution in [-0.4, -0.2) is 175 Å². The Balaban J connectivity index is 1.49. The van der Waals surface area contributed by atoms with E-state index in [0.29, 0.717) is 0 Å². The lowest BCUT2D eigenvalue weighted by atomic mass is 9.96. The maximum absolute atomic E-state index is 11.2. The van der Waals surface area contributed by atoms with Crippen molar-refractivity contribution in [1.82, 2.24) is 0 Å². The van der Waals surface area contributed by atoms with Crippen molar-refractivity contribution in [1.29, 1.82) is 0 Å². The van der Waals surface area contributed by atoms with Crippen molar-refractivity contribution in [2.24, 2.45) is 0 Å². The smallest absolute Gasteiger partial charge is 0.187 e. The standard InChI is InChI=1S/C27H48O17/c1-7(2)37-23-17(33)13(29)9(4)41-27(23)43-21-15(31)11(6)39-25(19(21)35)42-20-14(30)10(5)40-26(18(20)34)44-22-16(32)12(28)8(3)38-24(22)36/h7-36H,1-6H3/t8?,9?,10?,11?,12-,13?,14-,15-,16+,17-,18?,19-,20+,21?,22?,23-,24+,25-,26-,27-/m1/s1. The van der Waals surface area contributed by atoms with Gasteiger partial charge in [0.2, 0.25) is 0 Å². The van der Waals surface area contributed by atoms with E-state index in [4.69, 9.17) is 37.9 Å². The molecule has 0 saturated carbocycles. The molecular formula is C27H48O17. The SMILES string of the molecule is CC(C)O[C@H]1[C@@H](OC2[C@H](O)C(C)O[C@H](O[C@@H]3C(O)[C@@H](OC4[C@@H](O)[C@H](O)C(C)O[C@@H]4O)OC(C)[C@H]3O)[C@@H]2O)OC(C)C(O)[C@H]1O. The minimum atomic E-state index is -1.78. The molecule has 0 radical (unpaired) electrons. The van der Waals surface area contributed by atoms with Crippen LogP contribution in [0.2, 0.25) is 0 Å². The molecule has 0 spiro atoms. The molecular weight excluding hydrogens is 596 g/mol. The molecule has 17 heteroatoms. The predicted octanol–water partition coefficient (Wildman–Crippen LogP) is -4.21. The molecule has 4 rings (SSSR count). The first-order chi connectivity index (χ1) is 20.5. The van der Waals surface area contributed by atoms with Gasteiger partial charge in [0.15, 0.2) is 25.2 Å². The summed E-state index contributed by atoms with van der Waals surface area (Å²) < 4.78 is 45.2. The fourth-order valence-corrected chi connectivity index (χ4v) is 5.74. The molecule has 4 aliphatic heterocycles. The molecule has 9 N–H and O–H groups in total. The van der Waals surface area contributed by atoms with Gasteiger partial charge in [0.05, 0.1) is 30.5 Å². The summed E-state index contributed by atoms with van der Waals surface area (Å²) in [6.07, 6.45) is -28.4. The summed E-state index contributed by atoms with van der Waals surface area (Å²) in [7, 11) is 0. The molecule has 17 nitrogen and oxygen atoms in total. The summed E-state index contributed by atoms with van der Waals surface area (Å²) >= 11 is 0. The molecule has 0 amide bonds. The maximum atomic E-state index is 11.2. The van der Waals surface area contributed by atoms with E-state index >= 15 is 0 Å². The summed E-state index contributed by atoms with van der Waals surface area (Å²) in [6.45, 7) is 9.26. The van der Waals surface area contributed by atoms with Gasteiger partial charge in [-0.15, -0.1) is 0 Å². The summed E-state index contributed by atoms with van der Waals surface area (Å²) in [5.74, 6) is 0. The van der Waals surface area contributed by atoms with Crippen molar-refractivity contribution in [3.8, 4) is 0 Å². The monoisotopic (exact) mass is 644 g/mol. The lowest BCUT2D eigenvalue weighted by molar-refractivity contribution is -0.388. The first kappa shape index (κ1) is 36.2. The van der Waals surface area contributed by atoms with Gasteiger partial charge < -0.3 is 83.9 Å². The predicted molar refractivity (Wildman–Crippen MR) is 142 cm³/mol. The first-order valence-electron chi connectivity index (χ1n) is 14.9. The van der Waals surface area contributed by atoms with Crippen LogP contribution in [-0.2, 0) is 37.9 Å². The Morgan fingerprint density at radius 1 is 0.409 bits per heavy atom. The van der Waals surface area contributed by atoms with Gasteiger partial charge in [-0.25, -0.2) is 0 Å². The van der Waals surface area contributed by atoms with Crippen molar-refractivity contribution in [3.63, 3.8) is 0 Å². The highest BCUT2D eigenvalue weighted by Crippen LogP contribution is 2.34. The Hall–Kier alpha value is -0.680. The first-order valence-corrected chi connectivity index (χ1v) is 14.9. The van der Waals surface area contributed by atoms with Crippen molar-refractivity contribution in [3.05, 3.63) is 0 Å². The summed E-state index contributed by atoms with van der Waals surface area (Å²) in [5, 5.41) is 95.9. The van der Waals surface area contributed by atoms with Gasteiger partial charge in [0, 0.05) is 0 Å². The van der Waals surface area contributed by atoms with Gasteiger partial charge in [0.1, 0.15) is 73.2 Å². The highest BCUT2D eigenvalue weighted by Gasteiger charge is 2.54. The zero-order valence-corrected chi connectivity index (χ0v) is 25.4. The van der Waals surface area contributed by atoms with Crippen LogP contribution in [0.1, 0.15) is 41.5 Å². The number of aliphatic hydroxyl groups excluding tert-OH is 9. The van der Waals surface area contributed by atoms with Gasteiger partial charge in [-0.2, -0.15) is 0 Å². The van der Waals surface area contributed by atoms with Crippen molar-refractivity contribution in [2.75, 3.05) is 0 Å². The average Bonchev–Trinajstić information content (AvgIpc) is 2.96. The Bertz CT molecular complexity index is 914. The summed E-state index contributed by atoms with van der Waals surface area (Å²) in [5.41, 5.74) is 0. The lowest BCUT2D eigenvalue weighted by Crippen LogP contribution is -2.66. The van der Waals surface area contributed by atoms with E-state index in [-0.39, 0.29) is 0 Å². The van der Waals surface area contributed by atoms with Crippen LogP contribution >= 0.6 is 0 Å².